The zero-order chi connectivity index (χ0) is 13.3. The molecule has 0 aliphatic carbocycles. The molecule has 1 aromatic heterocycles. The summed E-state index contributed by atoms with van der Waals surface area (Å²) in [5, 5.41) is 0.761. The highest BCUT2D eigenvalue weighted by atomic mass is 19.1. The van der Waals surface area contributed by atoms with Crippen molar-refractivity contribution in [2.75, 3.05) is 0 Å². The summed E-state index contributed by atoms with van der Waals surface area (Å²) in [6, 6.07) is 6.60. The molecule has 0 spiro atoms. The number of nitrogens with one attached hydrogen (secondary N) is 1. The van der Waals surface area contributed by atoms with Crippen molar-refractivity contribution >= 4 is 11.0 Å². The van der Waals surface area contributed by atoms with Crippen LogP contribution in [0.15, 0.2) is 28.7 Å². The zero-order valence-corrected chi connectivity index (χ0v) is 11.0. The van der Waals surface area contributed by atoms with Crippen LogP contribution in [0.3, 0.4) is 0 Å². The lowest BCUT2D eigenvalue weighted by Crippen LogP contribution is -2.37. The Bertz CT molecular complexity index is 548. The van der Waals surface area contributed by atoms with Crippen molar-refractivity contribution in [3.05, 3.63) is 35.8 Å². The zero-order valence-electron chi connectivity index (χ0n) is 11.0. The van der Waals surface area contributed by atoms with Crippen molar-refractivity contribution in [2.45, 2.75) is 33.2 Å². The van der Waals surface area contributed by atoms with Gasteiger partial charge in [0.25, 0.3) is 0 Å². The standard InChI is InChI=1S/C14H19FN2O/c1-4-14(2,3)13(17-16)11-8-9-6-5-7-10(15)12(9)18-11/h5-8,13,17H,4,16H2,1-3H3. The van der Waals surface area contributed by atoms with Gasteiger partial charge in [0.2, 0.25) is 0 Å². The van der Waals surface area contributed by atoms with Crippen molar-refractivity contribution in [1.82, 2.24) is 5.43 Å². The maximum atomic E-state index is 13.6. The molecule has 0 bridgehead atoms. The van der Waals surface area contributed by atoms with E-state index in [0.717, 1.165) is 11.8 Å². The van der Waals surface area contributed by atoms with Crippen molar-refractivity contribution in [3.63, 3.8) is 0 Å². The molecule has 1 heterocycles. The molecule has 0 fully saturated rings. The number of rotatable bonds is 4. The summed E-state index contributed by atoms with van der Waals surface area (Å²) < 4.78 is 19.2. The van der Waals surface area contributed by atoms with Crippen LogP contribution in [-0.2, 0) is 0 Å². The van der Waals surface area contributed by atoms with Crippen molar-refractivity contribution in [1.29, 1.82) is 0 Å². The summed E-state index contributed by atoms with van der Waals surface area (Å²) >= 11 is 0. The number of hydrogen-bond donors (Lipinski definition) is 2. The summed E-state index contributed by atoms with van der Waals surface area (Å²) in [5.74, 6) is 5.95. The lowest BCUT2D eigenvalue weighted by atomic mass is 9.81. The lowest BCUT2D eigenvalue weighted by Gasteiger charge is -2.31. The topological polar surface area (TPSA) is 51.2 Å². The molecular formula is C14H19FN2O. The number of benzene rings is 1. The molecule has 0 aliphatic heterocycles. The molecule has 0 saturated carbocycles. The molecule has 0 amide bonds. The van der Waals surface area contributed by atoms with Crippen LogP contribution in [0.1, 0.15) is 39.0 Å². The van der Waals surface area contributed by atoms with Crippen LogP contribution >= 0.6 is 0 Å². The minimum absolute atomic E-state index is 0.0703. The van der Waals surface area contributed by atoms with Gasteiger partial charge in [0, 0.05) is 5.39 Å². The summed E-state index contributed by atoms with van der Waals surface area (Å²) in [4.78, 5) is 0. The fourth-order valence-electron chi connectivity index (χ4n) is 2.09. The second-order valence-electron chi connectivity index (χ2n) is 5.25. The van der Waals surface area contributed by atoms with Gasteiger partial charge in [0.1, 0.15) is 5.76 Å². The number of nitrogens with two attached hydrogens (primary N) is 1. The third-order valence-electron chi connectivity index (χ3n) is 3.66. The van der Waals surface area contributed by atoms with E-state index in [1.165, 1.54) is 6.07 Å². The van der Waals surface area contributed by atoms with Gasteiger partial charge < -0.3 is 4.42 Å². The van der Waals surface area contributed by atoms with E-state index in [2.05, 4.69) is 26.2 Å². The van der Waals surface area contributed by atoms with Crippen molar-refractivity contribution in [3.8, 4) is 0 Å². The van der Waals surface area contributed by atoms with E-state index < -0.39 is 0 Å². The molecule has 0 radical (unpaired) electrons. The van der Waals surface area contributed by atoms with E-state index in [1.54, 1.807) is 6.07 Å². The fraction of sp³-hybridized carbons (Fsp3) is 0.429. The van der Waals surface area contributed by atoms with Gasteiger partial charge in [-0.25, -0.2) is 9.82 Å². The molecule has 4 heteroatoms. The smallest absolute Gasteiger partial charge is 0.169 e. The van der Waals surface area contributed by atoms with Crippen molar-refractivity contribution in [2.24, 2.45) is 11.3 Å². The first-order valence-corrected chi connectivity index (χ1v) is 6.13. The molecule has 0 saturated heterocycles. The predicted octanol–water partition coefficient (Wildman–Crippen LogP) is 3.51. The van der Waals surface area contributed by atoms with Crippen molar-refractivity contribution < 1.29 is 8.81 Å². The van der Waals surface area contributed by atoms with Crippen LogP contribution in [0.5, 0.6) is 0 Å². The van der Waals surface area contributed by atoms with E-state index in [-0.39, 0.29) is 17.3 Å². The number of hydrazine groups is 1. The van der Waals surface area contributed by atoms with Gasteiger partial charge in [-0.1, -0.05) is 32.9 Å². The molecule has 98 valence electrons. The average molecular weight is 250 g/mol. The molecule has 2 aromatic rings. The molecular weight excluding hydrogens is 231 g/mol. The minimum Gasteiger partial charge on any atom is -0.456 e. The largest absolute Gasteiger partial charge is 0.456 e. The molecule has 3 N–H and O–H groups in total. The molecule has 1 aromatic carbocycles. The highest BCUT2D eigenvalue weighted by molar-refractivity contribution is 5.78. The van der Waals surface area contributed by atoms with E-state index in [0.29, 0.717) is 11.3 Å². The first-order chi connectivity index (χ1) is 8.49. The normalized spacial score (nSPS) is 14.1. The van der Waals surface area contributed by atoms with Gasteiger partial charge >= 0.3 is 0 Å². The lowest BCUT2D eigenvalue weighted by molar-refractivity contribution is 0.210. The van der Waals surface area contributed by atoms with E-state index in [1.807, 2.05) is 12.1 Å². The first-order valence-electron chi connectivity index (χ1n) is 6.13. The Morgan fingerprint density at radius 3 is 2.72 bits per heavy atom. The van der Waals surface area contributed by atoms with Crippen LogP contribution in [0.25, 0.3) is 11.0 Å². The fourth-order valence-corrected chi connectivity index (χ4v) is 2.09. The number of furan rings is 1. The monoisotopic (exact) mass is 250 g/mol. The molecule has 0 aliphatic rings. The van der Waals surface area contributed by atoms with E-state index in [4.69, 9.17) is 10.3 Å². The highest BCUT2D eigenvalue weighted by Crippen LogP contribution is 2.38. The third kappa shape index (κ3) is 2.13. The van der Waals surface area contributed by atoms with Gasteiger partial charge in [0.15, 0.2) is 11.4 Å². The summed E-state index contributed by atoms with van der Waals surface area (Å²) in [6.07, 6.45) is 0.932. The van der Waals surface area contributed by atoms with Crippen LogP contribution in [0.2, 0.25) is 0 Å². The first kappa shape index (κ1) is 13.1. The number of halogens is 1. The molecule has 18 heavy (non-hydrogen) atoms. The Kier molecular flexibility index (Phi) is 3.41. The second kappa shape index (κ2) is 4.71. The second-order valence-corrected chi connectivity index (χ2v) is 5.25. The number of fused-ring (bicyclic) bond motifs is 1. The van der Waals surface area contributed by atoms with E-state index in [9.17, 15) is 4.39 Å². The minimum atomic E-state index is -0.344. The van der Waals surface area contributed by atoms with Gasteiger partial charge in [-0.15, -0.1) is 0 Å². The SMILES string of the molecule is CCC(C)(C)C(NN)c1cc2cccc(F)c2o1. The number of para-hydroxylation sites is 1. The molecule has 1 unspecified atom stereocenters. The Morgan fingerprint density at radius 2 is 2.17 bits per heavy atom. The van der Waals surface area contributed by atoms with Crippen LogP contribution in [-0.4, -0.2) is 0 Å². The van der Waals surface area contributed by atoms with Gasteiger partial charge in [-0.3, -0.25) is 5.84 Å². The Labute approximate surface area is 106 Å². The van der Waals surface area contributed by atoms with Crippen LogP contribution in [0, 0.1) is 11.2 Å². The molecule has 3 nitrogen and oxygen atoms in total. The summed E-state index contributed by atoms with van der Waals surface area (Å²) in [7, 11) is 0. The van der Waals surface area contributed by atoms with Gasteiger partial charge in [0.05, 0.1) is 6.04 Å². The van der Waals surface area contributed by atoms with Crippen LogP contribution < -0.4 is 11.3 Å². The number of hydrogen-bond acceptors (Lipinski definition) is 3. The average Bonchev–Trinajstić information content (AvgIpc) is 2.74. The van der Waals surface area contributed by atoms with E-state index >= 15 is 0 Å². The third-order valence-corrected chi connectivity index (χ3v) is 3.66. The maximum absolute atomic E-state index is 13.6. The van der Waals surface area contributed by atoms with Crippen LogP contribution in [0.4, 0.5) is 4.39 Å². The Hall–Kier alpha value is -1.39. The van der Waals surface area contributed by atoms with Gasteiger partial charge in [-0.05, 0) is 24.0 Å². The van der Waals surface area contributed by atoms with Gasteiger partial charge in [-0.2, -0.15) is 0 Å². The Balaban J connectivity index is 2.50. The highest BCUT2D eigenvalue weighted by Gasteiger charge is 2.31. The Morgan fingerprint density at radius 1 is 1.44 bits per heavy atom. The molecule has 1 atom stereocenters. The molecule has 2 rings (SSSR count). The quantitative estimate of drug-likeness (QED) is 0.645. The maximum Gasteiger partial charge on any atom is 0.169 e. The summed E-state index contributed by atoms with van der Waals surface area (Å²) in [6.45, 7) is 6.29. The predicted molar refractivity (Wildman–Crippen MR) is 70.3 cm³/mol. The summed E-state index contributed by atoms with van der Waals surface area (Å²) in [5.41, 5.74) is 2.99.